The smallest absolute Gasteiger partial charge is 0.120 e. The second-order valence-electron chi connectivity index (χ2n) is 4.10. The molecule has 2 unspecified atom stereocenters. The zero-order valence-electron chi connectivity index (χ0n) is 7.83. The molecule has 13 heavy (non-hydrogen) atoms. The van der Waals surface area contributed by atoms with Gasteiger partial charge in [0.1, 0.15) is 6.29 Å². The molecule has 0 saturated carbocycles. The van der Waals surface area contributed by atoms with Crippen LogP contribution in [0.3, 0.4) is 0 Å². The molecule has 0 amide bonds. The Hall–Kier alpha value is -0.410. The van der Waals surface area contributed by atoms with Gasteiger partial charge in [0.25, 0.3) is 0 Å². The molecule has 0 bridgehead atoms. The van der Waals surface area contributed by atoms with Gasteiger partial charge in [-0.3, -0.25) is 0 Å². The Morgan fingerprint density at radius 2 is 2.38 bits per heavy atom. The summed E-state index contributed by atoms with van der Waals surface area (Å²) in [6, 6.07) is 0. The molecule has 2 heterocycles. The summed E-state index contributed by atoms with van der Waals surface area (Å²) in [7, 11) is 0. The number of aldehydes is 1. The predicted molar refractivity (Wildman–Crippen MR) is 47.5 cm³/mol. The largest absolute Gasteiger partial charge is 0.378 e. The fourth-order valence-corrected chi connectivity index (χ4v) is 2.33. The van der Waals surface area contributed by atoms with Crippen molar-refractivity contribution in [2.75, 3.05) is 19.8 Å². The van der Waals surface area contributed by atoms with Gasteiger partial charge in [0, 0.05) is 26.1 Å². The number of rotatable bonds is 2. The molecule has 0 aromatic carbocycles. The fraction of sp³-hybridized carbons (Fsp3) is 0.900. The van der Waals surface area contributed by atoms with Crippen molar-refractivity contribution >= 4 is 6.29 Å². The van der Waals surface area contributed by atoms with Crippen LogP contribution >= 0.6 is 0 Å². The van der Waals surface area contributed by atoms with Gasteiger partial charge in [-0.1, -0.05) is 0 Å². The van der Waals surface area contributed by atoms with Crippen LogP contribution in [0.15, 0.2) is 0 Å². The van der Waals surface area contributed by atoms with E-state index in [9.17, 15) is 4.79 Å². The maximum absolute atomic E-state index is 10.4. The summed E-state index contributed by atoms with van der Waals surface area (Å²) in [6.07, 6.45) is 4.75. The minimum absolute atomic E-state index is 0.0358. The molecule has 0 aliphatic carbocycles. The van der Waals surface area contributed by atoms with Crippen molar-refractivity contribution in [2.24, 2.45) is 5.92 Å². The Bertz CT molecular complexity index is 185. The van der Waals surface area contributed by atoms with Gasteiger partial charge in [0.2, 0.25) is 0 Å². The average Bonchev–Trinajstić information content (AvgIpc) is 2.54. The normalized spacial score (nSPS) is 39.5. The number of ether oxygens (including phenoxy) is 2. The lowest BCUT2D eigenvalue weighted by molar-refractivity contribution is -0.115. The van der Waals surface area contributed by atoms with Crippen molar-refractivity contribution in [3.8, 4) is 0 Å². The molecule has 2 aliphatic heterocycles. The van der Waals surface area contributed by atoms with Gasteiger partial charge in [-0.25, -0.2) is 0 Å². The monoisotopic (exact) mass is 184 g/mol. The van der Waals surface area contributed by atoms with Gasteiger partial charge in [0.15, 0.2) is 0 Å². The maximum atomic E-state index is 10.4. The van der Waals surface area contributed by atoms with Crippen LogP contribution in [-0.2, 0) is 14.3 Å². The van der Waals surface area contributed by atoms with E-state index < -0.39 is 0 Å². The Balaban J connectivity index is 1.94. The molecular formula is C10H16O3. The third-order valence-electron chi connectivity index (χ3n) is 3.09. The van der Waals surface area contributed by atoms with Crippen molar-refractivity contribution in [3.63, 3.8) is 0 Å². The topological polar surface area (TPSA) is 35.5 Å². The van der Waals surface area contributed by atoms with Gasteiger partial charge in [-0.15, -0.1) is 0 Å². The third-order valence-corrected chi connectivity index (χ3v) is 3.09. The van der Waals surface area contributed by atoms with E-state index in [1.54, 1.807) is 0 Å². The van der Waals surface area contributed by atoms with Gasteiger partial charge in [-0.2, -0.15) is 0 Å². The SMILES string of the molecule is O=CCC1CCOC2(CCOC2)C1. The standard InChI is InChI=1S/C10H16O3/c11-4-1-9-2-5-13-10(7-9)3-6-12-8-10/h4,9H,1-3,5-8H2. The van der Waals surface area contributed by atoms with Crippen molar-refractivity contribution in [3.05, 3.63) is 0 Å². The van der Waals surface area contributed by atoms with E-state index in [-0.39, 0.29) is 5.60 Å². The molecule has 2 atom stereocenters. The molecule has 0 aromatic heterocycles. The summed E-state index contributed by atoms with van der Waals surface area (Å²) in [4.78, 5) is 10.4. The van der Waals surface area contributed by atoms with Crippen molar-refractivity contribution < 1.29 is 14.3 Å². The number of hydrogen-bond acceptors (Lipinski definition) is 3. The van der Waals surface area contributed by atoms with Gasteiger partial charge >= 0.3 is 0 Å². The molecule has 3 heteroatoms. The third kappa shape index (κ3) is 1.92. The van der Waals surface area contributed by atoms with Gasteiger partial charge in [-0.05, 0) is 18.8 Å². The minimum atomic E-state index is -0.0358. The lowest BCUT2D eigenvalue weighted by atomic mass is 9.84. The summed E-state index contributed by atoms with van der Waals surface area (Å²) in [5.41, 5.74) is -0.0358. The minimum Gasteiger partial charge on any atom is -0.378 e. The second-order valence-corrected chi connectivity index (χ2v) is 4.10. The molecule has 0 radical (unpaired) electrons. The van der Waals surface area contributed by atoms with Crippen LogP contribution in [0, 0.1) is 5.92 Å². The van der Waals surface area contributed by atoms with Crippen LogP contribution in [0.5, 0.6) is 0 Å². The number of hydrogen-bond donors (Lipinski definition) is 0. The molecule has 2 aliphatic rings. The number of carbonyl (C=O) groups is 1. The molecule has 2 fully saturated rings. The maximum Gasteiger partial charge on any atom is 0.120 e. The van der Waals surface area contributed by atoms with Crippen LogP contribution in [0.1, 0.15) is 25.7 Å². The highest BCUT2D eigenvalue weighted by Gasteiger charge is 2.40. The summed E-state index contributed by atoms with van der Waals surface area (Å²) in [5, 5.41) is 0. The summed E-state index contributed by atoms with van der Waals surface area (Å²) >= 11 is 0. The molecule has 1 spiro atoms. The van der Waals surface area contributed by atoms with E-state index >= 15 is 0 Å². The first kappa shape index (κ1) is 9.16. The Morgan fingerprint density at radius 1 is 1.46 bits per heavy atom. The summed E-state index contributed by atoms with van der Waals surface area (Å²) < 4.78 is 11.1. The van der Waals surface area contributed by atoms with Crippen LogP contribution in [-0.4, -0.2) is 31.7 Å². The highest BCUT2D eigenvalue weighted by Crippen LogP contribution is 2.36. The second kappa shape index (κ2) is 3.76. The first-order chi connectivity index (χ1) is 6.35. The van der Waals surface area contributed by atoms with Crippen molar-refractivity contribution in [1.82, 2.24) is 0 Å². The van der Waals surface area contributed by atoms with Crippen LogP contribution in [0.2, 0.25) is 0 Å². The first-order valence-corrected chi connectivity index (χ1v) is 5.00. The highest BCUT2D eigenvalue weighted by atomic mass is 16.6. The van der Waals surface area contributed by atoms with E-state index in [0.717, 1.165) is 45.4 Å². The van der Waals surface area contributed by atoms with E-state index in [0.29, 0.717) is 12.3 Å². The Kier molecular flexibility index (Phi) is 2.65. The van der Waals surface area contributed by atoms with Crippen molar-refractivity contribution in [2.45, 2.75) is 31.3 Å². The molecule has 2 saturated heterocycles. The molecular weight excluding hydrogens is 168 g/mol. The molecule has 2 rings (SSSR count). The molecule has 74 valence electrons. The van der Waals surface area contributed by atoms with E-state index in [2.05, 4.69) is 0 Å². The van der Waals surface area contributed by atoms with Crippen LogP contribution in [0.25, 0.3) is 0 Å². The van der Waals surface area contributed by atoms with Crippen LogP contribution in [0.4, 0.5) is 0 Å². The van der Waals surface area contributed by atoms with Crippen LogP contribution < -0.4 is 0 Å². The molecule has 0 N–H and O–H groups in total. The summed E-state index contributed by atoms with van der Waals surface area (Å²) in [6.45, 7) is 2.33. The predicted octanol–water partition coefficient (Wildman–Crippen LogP) is 1.16. The lowest BCUT2D eigenvalue weighted by Gasteiger charge is -2.36. The zero-order valence-corrected chi connectivity index (χ0v) is 7.83. The summed E-state index contributed by atoms with van der Waals surface area (Å²) in [5.74, 6) is 0.521. The fourth-order valence-electron chi connectivity index (χ4n) is 2.33. The van der Waals surface area contributed by atoms with E-state index in [1.165, 1.54) is 0 Å². The quantitative estimate of drug-likeness (QED) is 0.604. The van der Waals surface area contributed by atoms with Gasteiger partial charge < -0.3 is 14.3 Å². The molecule has 0 aromatic rings. The Labute approximate surface area is 78.4 Å². The highest BCUT2D eigenvalue weighted by molar-refractivity contribution is 5.49. The average molecular weight is 184 g/mol. The first-order valence-electron chi connectivity index (χ1n) is 5.00. The number of carbonyl (C=O) groups excluding carboxylic acids is 1. The van der Waals surface area contributed by atoms with Gasteiger partial charge in [0.05, 0.1) is 12.2 Å². The van der Waals surface area contributed by atoms with E-state index in [4.69, 9.17) is 9.47 Å². The van der Waals surface area contributed by atoms with Crippen molar-refractivity contribution in [1.29, 1.82) is 0 Å². The molecule has 3 nitrogen and oxygen atoms in total. The zero-order chi connectivity index (χ0) is 9.15. The lowest BCUT2D eigenvalue weighted by Crippen LogP contribution is -2.40. The Morgan fingerprint density at radius 3 is 3.08 bits per heavy atom. The van der Waals surface area contributed by atoms with E-state index in [1.807, 2.05) is 0 Å².